The third kappa shape index (κ3) is 5.45. The van der Waals surface area contributed by atoms with Gasteiger partial charge in [0.2, 0.25) is 0 Å². The summed E-state index contributed by atoms with van der Waals surface area (Å²) in [6.07, 6.45) is 1.87. The molecule has 2 aliphatic heterocycles. The van der Waals surface area contributed by atoms with Gasteiger partial charge in [-0.15, -0.1) is 0 Å². The molecular weight excluding hydrogens is 418 g/mol. The van der Waals surface area contributed by atoms with Crippen molar-refractivity contribution in [3.8, 4) is 0 Å². The molecule has 5 amide bonds. The van der Waals surface area contributed by atoms with Crippen molar-refractivity contribution < 1.29 is 14.4 Å². The fraction of sp³-hybridized carbons (Fsp3) is 0.400. The summed E-state index contributed by atoms with van der Waals surface area (Å²) in [5.74, 6) is 0.199. The molecule has 8 nitrogen and oxygen atoms in total. The molecule has 4 rings (SSSR count). The minimum Gasteiger partial charge on any atom is -0.338 e. The van der Waals surface area contributed by atoms with E-state index in [1.54, 1.807) is 11.0 Å². The maximum Gasteiger partial charge on any atom is 0.322 e. The first kappa shape index (κ1) is 22.6. The Labute approximate surface area is 194 Å². The van der Waals surface area contributed by atoms with Crippen LogP contribution in [0.15, 0.2) is 42.5 Å². The van der Waals surface area contributed by atoms with E-state index < -0.39 is 0 Å². The molecule has 8 heteroatoms. The monoisotopic (exact) mass is 449 g/mol. The van der Waals surface area contributed by atoms with E-state index in [1.807, 2.05) is 55.1 Å². The standard InChI is InChI=1S/C25H31N5O3/c1-17-5-8-21(9-6-17)28-24(32)27-15-19-4-3-12-29(16-19)23(31)20-7-10-22(18(2)14-20)30-13-11-26-25(30)33/h5-10,14,19H,3-4,11-13,15-16H2,1-2H3,(H,26,33)(H2,27,28,32). The lowest BCUT2D eigenvalue weighted by atomic mass is 9.97. The third-order valence-corrected chi connectivity index (χ3v) is 6.26. The van der Waals surface area contributed by atoms with E-state index in [4.69, 9.17) is 0 Å². The van der Waals surface area contributed by atoms with E-state index in [0.717, 1.165) is 35.3 Å². The lowest BCUT2D eigenvalue weighted by Crippen LogP contribution is -2.44. The second-order valence-corrected chi connectivity index (χ2v) is 8.85. The van der Waals surface area contributed by atoms with Gasteiger partial charge in [0, 0.05) is 49.7 Å². The van der Waals surface area contributed by atoms with Crippen molar-refractivity contribution in [2.45, 2.75) is 26.7 Å². The van der Waals surface area contributed by atoms with E-state index >= 15 is 0 Å². The van der Waals surface area contributed by atoms with Crippen molar-refractivity contribution in [2.24, 2.45) is 5.92 Å². The topological polar surface area (TPSA) is 93.8 Å². The number of nitrogens with one attached hydrogen (secondary N) is 3. The molecule has 0 bridgehead atoms. The molecule has 2 fully saturated rings. The van der Waals surface area contributed by atoms with Gasteiger partial charge in [0.1, 0.15) is 0 Å². The van der Waals surface area contributed by atoms with Gasteiger partial charge >= 0.3 is 12.1 Å². The normalized spacial score (nSPS) is 18.1. The minimum absolute atomic E-state index is 0.00988. The lowest BCUT2D eigenvalue weighted by molar-refractivity contribution is 0.0675. The van der Waals surface area contributed by atoms with E-state index in [0.29, 0.717) is 38.3 Å². The maximum atomic E-state index is 13.1. The summed E-state index contributed by atoms with van der Waals surface area (Å²) in [7, 11) is 0. The van der Waals surface area contributed by atoms with Crippen LogP contribution in [0.25, 0.3) is 0 Å². The number of amides is 5. The molecule has 1 atom stereocenters. The first-order chi connectivity index (χ1) is 15.9. The van der Waals surface area contributed by atoms with Crippen molar-refractivity contribution >= 4 is 29.3 Å². The van der Waals surface area contributed by atoms with Gasteiger partial charge in [0.25, 0.3) is 5.91 Å². The molecule has 2 aliphatic rings. The number of benzene rings is 2. The summed E-state index contributed by atoms with van der Waals surface area (Å²) in [6.45, 7) is 7.02. The highest BCUT2D eigenvalue weighted by Gasteiger charge is 2.27. The van der Waals surface area contributed by atoms with Crippen LogP contribution in [0.4, 0.5) is 21.0 Å². The molecule has 174 valence electrons. The van der Waals surface area contributed by atoms with Gasteiger partial charge in [-0.25, -0.2) is 9.59 Å². The average Bonchev–Trinajstić information content (AvgIpc) is 3.24. The Morgan fingerprint density at radius 2 is 1.88 bits per heavy atom. The average molecular weight is 450 g/mol. The smallest absolute Gasteiger partial charge is 0.322 e. The Hall–Kier alpha value is -3.55. The number of aryl methyl sites for hydroxylation is 2. The zero-order chi connectivity index (χ0) is 23.4. The SMILES string of the molecule is Cc1ccc(NC(=O)NCC2CCCN(C(=O)c3ccc(N4CCNC4=O)c(C)c3)C2)cc1. The summed E-state index contributed by atoms with van der Waals surface area (Å²) >= 11 is 0. The molecular formula is C25H31N5O3. The maximum absolute atomic E-state index is 13.1. The van der Waals surface area contributed by atoms with Crippen molar-refractivity contribution in [3.63, 3.8) is 0 Å². The number of piperidine rings is 1. The molecule has 0 aromatic heterocycles. The van der Waals surface area contributed by atoms with Crippen LogP contribution >= 0.6 is 0 Å². The number of carbonyl (C=O) groups excluding carboxylic acids is 3. The Morgan fingerprint density at radius 3 is 2.58 bits per heavy atom. The Bertz CT molecular complexity index is 1040. The Balaban J connectivity index is 1.31. The van der Waals surface area contributed by atoms with Crippen LogP contribution in [0.2, 0.25) is 0 Å². The first-order valence-corrected chi connectivity index (χ1v) is 11.5. The molecule has 0 saturated carbocycles. The number of carbonyl (C=O) groups is 3. The quantitative estimate of drug-likeness (QED) is 0.652. The summed E-state index contributed by atoms with van der Waals surface area (Å²) in [6, 6.07) is 12.8. The van der Waals surface area contributed by atoms with Crippen LogP contribution < -0.4 is 20.9 Å². The van der Waals surface area contributed by atoms with Crippen LogP contribution in [-0.4, -0.2) is 55.6 Å². The van der Waals surface area contributed by atoms with Crippen molar-refractivity contribution in [1.29, 1.82) is 0 Å². The molecule has 3 N–H and O–H groups in total. The third-order valence-electron chi connectivity index (χ3n) is 6.26. The highest BCUT2D eigenvalue weighted by Crippen LogP contribution is 2.25. The van der Waals surface area contributed by atoms with Gasteiger partial charge in [-0.1, -0.05) is 17.7 Å². The van der Waals surface area contributed by atoms with Crippen LogP contribution in [0, 0.1) is 19.8 Å². The predicted molar refractivity (Wildman–Crippen MR) is 129 cm³/mol. The highest BCUT2D eigenvalue weighted by molar-refractivity contribution is 5.98. The van der Waals surface area contributed by atoms with Gasteiger partial charge in [0.05, 0.1) is 0 Å². The number of likely N-dealkylation sites (tertiary alicyclic amines) is 1. The lowest BCUT2D eigenvalue weighted by Gasteiger charge is -2.33. The minimum atomic E-state index is -0.237. The number of hydrogen-bond donors (Lipinski definition) is 3. The number of urea groups is 2. The number of rotatable bonds is 5. The molecule has 1 unspecified atom stereocenters. The second kappa shape index (κ2) is 9.94. The fourth-order valence-electron chi connectivity index (χ4n) is 4.44. The van der Waals surface area contributed by atoms with Crippen LogP contribution in [0.5, 0.6) is 0 Å². The van der Waals surface area contributed by atoms with Gasteiger partial charge in [-0.2, -0.15) is 0 Å². The van der Waals surface area contributed by atoms with Crippen LogP contribution in [0.1, 0.15) is 34.3 Å². The molecule has 2 aromatic carbocycles. The molecule has 0 radical (unpaired) electrons. The molecule has 0 spiro atoms. The van der Waals surface area contributed by atoms with Crippen LogP contribution in [0.3, 0.4) is 0 Å². The van der Waals surface area contributed by atoms with Crippen LogP contribution in [-0.2, 0) is 0 Å². The molecule has 2 aromatic rings. The van der Waals surface area contributed by atoms with E-state index in [1.165, 1.54) is 0 Å². The highest BCUT2D eigenvalue weighted by atomic mass is 16.2. The van der Waals surface area contributed by atoms with Crippen molar-refractivity contribution in [2.75, 3.05) is 42.9 Å². The number of anilines is 2. The zero-order valence-corrected chi connectivity index (χ0v) is 19.2. The van der Waals surface area contributed by atoms with Crippen molar-refractivity contribution in [1.82, 2.24) is 15.5 Å². The Morgan fingerprint density at radius 1 is 1.09 bits per heavy atom. The van der Waals surface area contributed by atoms with E-state index in [2.05, 4.69) is 16.0 Å². The zero-order valence-electron chi connectivity index (χ0n) is 19.2. The van der Waals surface area contributed by atoms with E-state index in [-0.39, 0.29) is 23.9 Å². The largest absolute Gasteiger partial charge is 0.338 e. The molecule has 0 aliphatic carbocycles. The van der Waals surface area contributed by atoms with Gasteiger partial charge in [-0.3, -0.25) is 9.69 Å². The number of nitrogens with zero attached hydrogens (tertiary/aromatic N) is 2. The van der Waals surface area contributed by atoms with Gasteiger partial charge in [-0.05, 0) is 68.5 Å². The summed E-state index contributed by atoms with van der Waals surface area (Å²) in [5.41, 5.74) is 4.26. The first-order valence-electron chi connectivity index (χ1n) is 11.5. The summed E-state index contributed by atoms with van der Waals surface area (Å²) < 4.78 is 0. The predicted octanol–water partition coefficient (Wildman–Crippen LogP) is 3.51. The summed E-state index contributed by atoms with van der Waals surface area (Å²) in [5, 5.41) is 8.58. The molecule has 33 heavy (non-hydrogen) atoms. The molecule has 2 saturated heterocycles. The summed E-state index contributed by atoms with van der Waals surface area (Å²) in [4.78, 5) is 40.9. The fourth-order valence-corrected chi connectivity index (χ4v) is 4.44. The Kier molecular flexibility index (Phi) is 6.82. The van der Waals surface area contributed by atoms with Gasteiger partial charge < -0.3 is 20.9 Å². The molecule has 2 heterocycles. The second-order valence-electron chi connectivity index (χ2n) is 8.85. The van der Waals surface area contributed by atoms with E-state index in [9.17, 15) is 14.4 Å². The van der Waals surface area contributed by atoms with Gasteiger partial charge in [0.15, 0.2) is 0 Å². The van der Waals surface area contributed by atoms with Crippen molar-refractivity contribution in [3.05, 3.63) is 59.2 Å². The number of hydrogen-bond acceptors (Lipinski definition) is 3.